The lowest BCUT2D eigenvalue weighted by molar-refractivity contribution is 0.312. The van der Waals surface area contributed by atoms with Gasteiger partial charge in [0.1, 0.15) is 0 Å². The number of pyridine rings is 3. The third kappa shape index (κ3) is 5.95. The fraction of sp³-hybridized carbons (Fsp3) is 0.107. The maximum atomic E-state index is 6.08. The van der Waals surface area contributed by atoms with Crippen LogP contribution in [-0.2, 0) is 13.0 Å². The van der Waals surface area contributed by atoms with Gasteiger partial charge in [0.25, 0.3) is 0 Å². The van der Waals surface area contributed by atoms with Gasteiger partial charge in [-0.1, -0.05) is 60.7 Å². The first kappa shape index (κ1) is 26.1. The molecule has 3 heterocycles. The SMILES string of the molecule is Cl.Cl.NCc1ccc(-c2nc3ccnc(OCCc4ccccn4)c3cc2-c2ccccc2)cc1. The zero-order valence-electron chi connectivity index (χ0n) is 19.0. The van der Waals surface area contributed by atoms with Crippen LogP contribution in [0.3, 0.4) is 0 Å². The van der Waals surface area contributed by atoms with Crippen LogP contribution in [-0.4, -0.2) is 21.6 Å². The Kier molecular flexibility index (Phi) is 9.15. The molecule has 0 spiro atoms. The van der Waals surface area contributed by atoms with E-state index in [1.807, 2.05) is 42.5 Å². The van der Waals surface area contributed by atoms with E-state index >= 15 is 0 Å². The van der Waals surface area contributed by atoms with Crippen molar-refractivity contribution in [2.75, 3.05) is 6.61 Å². The van der Waals surface area contributed by atoms with Crippen LogP contribution in [0.4, 0.5) is 0 Å². The molecule has 5 rings (SSSR count). The second kappa shape index (κ2) is 12.3. The standard InChI is InChI=1S/C28H24N4O.2ClH/c29-19-20-9-11-22(12-10-20)27-24(21-6-2-1-3-7-21)18-25-26(32-27)13-16-31-28(25)33-17-14-23-8-4-5-15-30-23;;/h1-13,15-16,18H,14,17,19,29H2;2*1H. The topological polar surface area (TPSA) is 73.9 Å². The van der Waals surface area contributed by atoms with E-state index in [-0.39, 0.29) is 24.8 Å². The number of nitrogens with zero attached hydrogens (tertiary/aromatic N) is 3. The van der Waals surface area contributed by atoms with Crippen molar-refractivity contribution < 1.29 is 4.74 Å². The highest BCUT2D eigenvalue weighted by molar-refractivity contribution is 5.93. The number of halogens is 2. The molecular weight excluding hydrogens is 479 g/mol. The molecule has 0 saturated carbocycles. The van der Waals surface area contributed by atoms with E-state index in [1.54, 1.807) is 12.4 Å². The number of rotatable bonds is 7. The van der Waals surface area contributed by atoms with E-state index in [1.165, 1.54) is 0 Å². The average molecular weight is 505 g/mol. The molecular formula is C28H26Cl2N4O. The van der Waals surface area contributed by atoms with Gasteiger partial charge in [-0.05, 0) is 35.4 Å². The fourth-order valence-electron chi connectivity index (χ4n) is 3.84. The average Bonchev–Trinajstić information content (AvgIpc) is 2.89. The van der Waals surface area contributed by atoms with Crippen molar-refractivity contribution in [2.45, 2.75) is 13.0 Å². The molecule has 0 bridgehead atoms. The molecule has 0 unspecified atom stereocenters. The number of aromatic nitrogens is 3. The van der Waals surface area contributed by atoms with Gasteiger partial charge in [0.05, 0.1) is 23.2 Å². The molecule has 0 aliphatic rings. The molecule has 0 saturated heterocycles. The summed E-state index contributed by atoms with van der Waals surface area (Å²) in [6.07, 6.45) is 4.25. The molecule has 0 fully saturated rings. The second-order valence-electron chi connectivity index (χ2n) is 7.75. The Morgan fingerprint density at radius 1 is 0.743 bits per heavy atom. The molecule has 5 aromatic rings. The monoisotopic (exact) mass is 504 g/mol. The lowest BCUT2D eigenvalue weighted by Gasteiger charge is -2.14. The third-order valence-electron chi connectivity index (χ3n) is 5.58. The Morgan fingerprint density at radius 3 is 2.23 bits per heavy atom. The highest BCUT2D eigenvalue weighted by Crippen LogP contribution is 2.35. The normalized spacial score (nSPS) is 10.3. The second-order valence-corrected chi connectivity index (χ2v) is 7.75. The van der Waals surface area contributed by atoms with Gasteiger partial charge in [-0.25, -0.2) is 9.97 Å². The first-order valence-corrected chi connectivity index (χ1v) is 11.0. The van der Waals surface area contributed by atoms with E-state index in [0.717, 1.165) is 44.5 Å². The van der Waals surface area contributed by atoms with E-state index in [2.05, 4.69) is 52.4 Å². The molecule has 5 nitrogen and oxygen atoms in total. The Balaban J connectivity index is 0.00000171. The van der Waals surface area contributed by atoms with Crippen molar-refractivity contribution in [3.63, 3.8) is 0 Å². The zero-order valence-corrected chi connectivity index (χ0v) is 20.6. The molecule has 178 valence electrons. The minimum atomic E-state index is 0. The van der Waals surface area contributed by atoms with Crippen LogP contribution in [0.5, 0.6) is 5.88 Å². The van der Waals surface area contributed by atoms with Crippen molar-refractivity contribution >= 4 is 35.7 Å². The molecule has 0 atom stereocenters. The first-order valence-electron chi connectivity index (χ1n) is 11.0. The van der Waals surface area contributed by atoms with E-state index in [4.69, 9.17) is 15.5 Å². The number of hydrogen-bond acceptors (Lipinski definition) is 5. The van der Waals surface area contributed by atoms with Crippen LogP contribution in [0.25, 0.3) is 33.3 Å². The van der Waals surface area contributed by atoms with Crippen LogP contribution in [0.15, 0.2) is 97.3 Å². The Bertz CT molecular complexity index is 1370. The van der Waals surface area contributed by atoms with Crippen LogP contribution < -0.4 is 10.5 Å². The molecule has 3 aromatic heterocycles. The summed E-state index contributed by atoms with van der Waals surface area (Å²) in [4.78, 5) is 13.9. The predicted octanol–water partition coefficient (Wildman–Crippen LogP) is 6.28. The van der Waals surface area contributed by atoms with Crippen LogP contribution in [0.2, 0.25) is 0 Å². The molecule has 0 aliphatic heterocycles. The van der Waals surface area contributed by atoms with E-state index in [0.29, 0.717) is 25.5 Å². The quantitative estimate of drug-likeness (QED) is 0.282. The largest absolute Gasteiger partial charge is 0.477 e. The minimum absolute atomic E-state index is 0. The van der Waals surface area contributed by atoms with Crippen LogP contribution >= 0.6 is 24.8 Å². The lowest BCUT2D eigenvalue weighted by Crippen LogP contribution is -2.04. The van der Waals surface area contributed by atoms with Crippen molar-refractivity contribution in [2.24, 2.45) is 5.73 Å². The Labute approximate surface area is 217 Å². The highest BCUT2D eigenvalue weighted by Gasteiger charge is 2.14. The summed E-state index contributed by atoms with van der Waals surface area (Å²) in [7, 11) is 0. The smallest absolute Gasteiger partial charge is 0.222 e. The van der Waals surface area contributed by atoms with Crippen molar-refractivity contribution in [1.29, 1.82) is 0 Å². The van der Waals surface area contributed by atoms with E-state index < -0.39 is 0 Å². The van der Waals surface area contributed by atoms with Gasteiger partial charge in [0, 0.05) is 42.2 Å². The first-order chi connectivity index (χ1) is 16.3. The highest BCUT2D eigenvalue weighted by atomic mass is 35.5. The number of ether oxygens (including phenoxy) is 1. The number of hydrogen-bond donors (Lipinski definition) is 1. The van der Waals surface area contributed by atoms with Gasteiger partial charge >= 0.3 is 0 Å². The zero-order chi connectivity index (χ0) is 22.5. The third-order valence-corrected chi connectivity index (χ3v) is 5.58. The maximum Gasteiger partial charge on any atom is 0.222 e. The summed E-state index contributed by atoms with van der Waals surface area (Å²) >= 11 is 0. The molecule has 0 aliphatic carbocycles. The molecule has 35 heavy (non-hydrogen) atoms. The fourth-order valence-corrected chi connectivity index (χ4v) is 3.84. The summed E-state index contributed by atoms with van der Waals surface area (Å²) in [5, 5.41) is 0.889. The van der Waals surface area contributed by atoms with Crippen molar-refractivity contribution in [1.82, 2.24) is 15.0 Å². The van der Waals surface area contributed by atoms with Crippen LogP contribution in [0.1, 0.15) is 11.3 Å². The van der Waals surface area contributed by atoms with Gasteiger partial charge in [0.2, 0.25) is 5.88 Å². The predicted molar refractivity (Wildman–Crippen MR) is 146 cm³/mol. The Hall–Kier alpha value is -3.51. The summed E-state index contributed by atoms with van der Waals surface area (Å²) in [6, 6.07) is 28.5. The molecule has 7 heteroatoms. The van der Waals surface area contributed by atoms with Gasteiger partial charge in [0.15, 0.2) is 0 Å². The van der Waals surface area contributed by atoms with Gasteiger partial charge < -0.3 is 10.5 Å². The summed E-state index contributed by atoms with van der Waals surface area (Å²) in [5.74, 6) is 0.582. The molecule has 0 radical (unpaired) electrons. The number of benzene rings is 2. The summed E-state index contributed by atoms with van der Waals surface area (Å²) < 4.78 is 6.08. The maximum absolute atomic E-state index is 6.08. The van der Waals surface area contributed by atoms with Crippen molar-refractivity contribution in [3.05, 3.63) is 109 Å². The minimum Gasteiger partial charge on any atom is -0.477 e. The summed E-state index contributed by atoms with van der Waals surface area (Å²) in [6.45, 7) is 1.01. The van der Waals surface area contributed by atoms with Gasteiger partial charge in [-0.3, -0.25) is 4.98 Å². The van der Waals surface area contributed by atoms with Gasteiger partial charge in [-0.2, -0.15) is 0 Å². The Morgan fingerprint density at radius 2 is 1.51 bits per heavy atom. The van der Waals surface area contributed by atoms with Crippen LogP contribution in [0, 0.1) is 0 Å². The number of fused-ring (bicyclic) bond motifs is 1. The number of nitrogens with two attached hydrogens (primary N) is 1. The van der Waals surface area contributed by atoms with Gasteiger partial charge in [-0.15, -0.1) is 24.8 Å². The van der Waals surface area contributed by atoms with Crippen molar-refractivity contribution in [3.8, 4) is 28.3 Å². The lowest BCUT2D eigenvalue weighted by atomic mass is 9.97. The molecule has 2 N–H and O–H groups in total. The van der Waals surface area contributed by atoms with E-state index in [9.17, 15) is 0 Å². The molecule has 2 aromatic carbocycles. The summed E-state index contributed by atoms with van der Waals surface area (Å²) in [5.41, 5.74) is 12.8. The molecule has 0 amide bonds.